The molecule has 31 heavy (non-hydrogen) atoms. The minimum absolute atomic E-state index is 0.0400. The predicted octanol–water partition coefficient (Wildman–Crippen LogP) is 5.90. The zero-order valence-corrected chi connectivity index (χ0v) is 21.7. The number of para-hydroxylation sites is 2. The summed E-state index contributed by atoms with van der Waals surface area (Å²) in [6.07, 6.45) is 1.92. The summed E-state index contributed by atoms with van der Waals surface area (Å²) >= 11 is 11.9. The molecule has 4 nitrogen and oxygen atoms in total. The Balaban J connectivity index is 1.48. The number of aromatic nitrogens is 2. The van der Waals surface area contributed by atoms with Gasteiger partial charge in [-0.05, 0) is 98.8 Å². The number of benzene rings is 3. The van der Waals surface area contributed by atoms with Crippen LogP contribution in [0.15, 0.2) is 65.5 Å². The summed E-state index contributed by atoms with van der Waals surface area (Å²) in [7, 11) is 0. The van der Waals surface area contributed by atoms with E-state index in [1.54, 1.807) is 4.40 Å². The number of halogens is 3. The third kappa shape index (κ3) is 4.20. The average molecular weight is 671 g/mol. The number of nitrogens with zero attached hydrogens (tertiary/aromatic N) is 2. The molecule has 0 atom stereocenters. The number of thiazole rings is 1. The minimum atomic E-state index is -0.0400. The number of hydrogen-bond acceptors (Lipinski definition) is 4. The van der Waals surface area contributed by atoms with Crippen molar-refractivity contribution < 1.29 is 4.74 Å². The molecule has 3 aromatic carbocycles. The first-order valence-corrected chi connectivity index (χ1v) is 12.6. The number of rotatable bonds is 4. The van der Waals surface area contributed by atoms with Gasteiger partial charge in [-0.2, -0.15) is 0 Å². The van der Waals surface area contributed by atoms with Gasteiger partial charge >= 0.3 is 0 Å². The Hall–Kier alpha value is -1.69. The molecule has 0 radical (unpaired) electrons. The van der Waals surface area contributed by atoms with E-state index in [0.717, 1.165) is 35.1 Å². The summed E-state index contributed by atoms with van der Waals surface area (Å²) in [5.41, 5.74) is 3.65. The highest BCUT2D eigenvalue weighted by atomic mass is 127. The quantitative estimate of drug-likeness (QED) is 0.224. The summed E-state index contributed by atoms with van der Waals surface area (Å²) in [4.78, 5) is 18.3. The molecule has 0 saturated carbocycles. The Kier molecular flexibility index (Phi) is 5.93. The third-order valence-electron chi connectivity index (χ3n) is 4.76. The van der Waals surface area contributed by atoms with E-state index in [0.29, 0.717) is 21.1 Å². The van der Waals surface area contributed by atoms with Crippen molar-refractivity contribution >= 4 is 90.2 Å². The second kappa shape index (κ2) is 8.68. The number of hydrogen-bond donors (Lipinski definition) is 0. The van der Waals surface area contributed by atoms with Crippen LogP contribution in [0.4, 0.5) is 0 Å². The van der Waals surface area contributed by atoms with Gasteiger partial charge in [0.2, 0.25) is 0 Å². The van der Waals surface area contributed by atoms with Crippen molar-refractivity contribution in [3.63, 3.8) is 0 Å². The van der Waals surface area contributed by atoms with Crippen LogP contribution in [0.2, 0.25) is 5.02 Å². The Morgan fingerprint density at radius 2 is 1.77 bits per heavy atom. The SMILES string of the molecule is O=c1/c(=C/c2cc(I)c(OCc3ccc(Cl)cc3)c(I)c2)sc2nc3ccccc3n12. The molecule has 5 rings (SSSR count). The van der Waals surface area contributed by atoms with Gasteiger partial charge in [-0.3, -0.25) is 4.79 Å². The van der Waals surface area contributed by atoms with Crippen LogP contribution >= 0.6 is 68.1 Å². The molecule has 154 valence electrons. The molecule has 0 bridgehead atoms. The van der Waals surface area contributed by atoms with E-state index in [1.807, 2.05) is 66.7 Å². The first-order valence-electron chi connectivity index (χ1n) is 9.27. The van der Waals surface area contributed by atoms with E-state index in [4.69, 9.17) is 16.3 Å². The van der Waals surface area contributed by atoms with E-state index in [1.165, 1.54) is 11.3 Å². The monoisotopic (exact) mass is 670 g/mol. The Labute approximate surface area is 213 Å². The van der Waals surface area contributed by atoms with E-state index >= 15 is 0 Å². The lowest BCUT2D eigenvalue weighted by Gasteiger charge is -2.11. The molecular formula is C23H13ClI2N2O2S. The lowest BCUT2D eigenvalue weighted by atomic mass is 10.2. The van der Waals surface area contributed by atoms with Crippen molar-refractivity contribution in [3.8, 4) is 5.75 Å². The van der Waals surface area contributed by atoms with Crippen LogP contribution in [0.25, 0.3) is 22.1 Å². The van der Waals surface area contributed by atoms with Crippen molar-refractivity contribution in [3.05, 3.63) is 98.8 Å². The van der Waals surface area contributed by atoms with Crippen LogP contribution in [-0.4, -0.2) is 9.38 Å². The van der Waals surface area contributed by atoms with E-state index in [-0.39, 0.29) is 5.56 Å². The first kappa shape index (κ1) is 21.2. The Bertz CT molecular complexity index is 1520. The average Bonchev–Trinajstić information content (AvgIpc) is 3.25. The highest BCUT2D eigenvalue weighted by Gasteiger charge is 2.12. The summed E-state index contributed by atoms with van der Waals surface area (Å²) in [5.74, 6) is 0.836. The molecule has 0 saturated heterocycles. The van der Waals surface area contributed by atoms with E-state index in [2.05, 4.69) is 50.2 Å². The van der Waals surface area contributed by atoms with Crippen molar-refractivity contribution in [2.75, 3.05) is 0 Å². The number of fused-ring (bicyclic) bond motifs is 3. The normalized spacial score (nSPS) is 12.2. The van der Waals surface area contributed by atoms with Crippen molar-refractivity contribution in [2.24, 2.45) is 0 Å². The van der Waals surface area contributed by atoms with Crippen LogP contribution in [-0.2, 0) is 6.61 Å². The van der Waals surface area contributed by atoms with Gasteiger partial charge < -0.3 is 4.74 Å². The van der Waals surface area contributed by atoms with Gasteiger partial charge in [0.1, 0.15) is 12.4 Å². The molecule has 0 aliphatic heterocycles. The van der Waals surface area contributed by atoms with Gasteiger partial charge in [0, 0.05) is 5.02 Å². The van der Waals surface area contributed by atoms with Crippen LogP contribution in [0, 0.1) is 7.14 Å². The highest BCUT2D eigenvalue weighted by molar-refractivity contribution is 14.1. The predicted molar refractivity (Wildman–Crippen MR) is 143 cm³/mol. The Morgan fingerprint density at radius 1 is 1.06 bits per heavy atom. The minimum Gasteiger partial charge on any atom is -0.487 e. The fourth-order valence-electron chi connectivity index (χ4n) is 3.30. The van der Waals surface area contributed by atoms with Crippen LogP contribution < -0.4 is 14.8 Å². The number of imidazole rings is 1. The fraction of sp³-hybridized carbons (Fsp3) is 0.0435. The van der Waals surface area contributed by atoms with E-state index in [9.17, 15) is 4.79 Å². The first-order chi connectivity index (χ1) is 15.0. The standard InChI is InChI=1S/C23H13ClI2N2O2S/c24-15-7-5-13(6-8-15)12-30-21-16(25)9-14(10-17(21)26)11-20-22(29)28-19-4-2-1-3-18(19)27-23(28)31-20/h1-11H,12H2/b20-11-. The largest absolute Gasteiger partial charge is 0.487 e. The van der Waals surface area contributed by atoms with Crippen LogP contribution in [0.1, 0.15) is 11.1 Å². The summed E-state index contributed by atoms with van der Waals surface area (Å²) in [6.45, 7) is 0.464. The van der Waals surface area contributed by atoms with Crippen LogP contribution in [0.5, 0.6) is 5.75 Å². The van der Waals surface area contributed by atoms with Crippen molar-refractivity contribution in [1.29, 1.82) is 0 Å². The maximum atomic E-state index is 13.0. The Morgan fingerprint density at radius 3 is 2.52 bits per heavy atom. The van der Waals surface area contributed by atoms with Gasteiger partial charge in [0.25, 0.3) is 5.56 Å². The van der Waals surface area contributed by atoms with Gasteiger partial charge in [-0.1, -0.05) is 47.2 Å². The zero-order chi connectivity index (χ0) is 21.5. The molecule has 0 N–H and O–H groups in total. The third-order valence-corrected chi connectivity index (χ3v) is 7.58. The molecule has 0 aliphatic carbocycles. The summed E-state index contributed by atoms with van der Waals surface area (Å²) in [6, 6.07) is 19.4. The maximum Gasteiger partial charge on any atom is 0.274 e. The molecule has 0 unspecified atom stereocenters. The highest BCUT2D eigenvalue weighted by Crippen LogP contribution is 2.30. The van der Waals surface area contributed by atoms with Crippen LogP contribution in [0.3, 0.4) is 0 Å². The van der Waals surface area contributed by atoms with E-state index < -0.39 is 0 Å². The van der Waals surface area contributed by atoms with Crippen molar-refractivity contribution in [2.45, 2.75) is 6.61 Å². The topological polar surface area (TPSA) is 43.6 Å². The second-order valence-corrected chi connectivity index (χ2v) is 10.6. The molecule has 0 fully saturated rings. The second-order valence-electron chi connectivity index (χ2n) is 6.86. The van der Waals surface area contributed by atoms with Crippen molar-refractivity contribution in [1.82, 2.24) is 9.38 Å². The molecule has 2 heterocycles. The van der Waals surface area contributed by atoms with Gasteiger partial charge in [-0.15, -0.1) is 0 Å². The zero-order valence-electron chi connectivity index (χ0n) is 15.8. The smallest absolute Gasteiger partial charge is 0.274 e. The molecular weight excluding hydrogens is 658 g/mol. The summed E-state index contributed by atoms with van der Waals surface area (Å²) in [5, 5.41) is 0.708. The molecule has 0 aliphatic rings. The van der Waals surface area contributed by atoms with Gasteiger partial charge in [-0.25, -0.2) is 9.38 Å². The van der Waals surface area contributed by atoms with Gasteiger partial charge in [0.15, 0.2) is 4.96 Å². The summed E-state index contributed by atoms with van der Waals surface area (Å²) < 4.78 is 10.4. The molecule has 0 spiro atoms. The maximum absolute atomic E-state index is 13.0. The lowest BCUT2D eigenvalue weighted by Crippen LogP contribution is -2.22. The fourth-order valence-corrected chi connectivity index (χ4v) is 6.54. The lowest BCUT2D eigenvalue weighted by molar-refractivity contribution is 0.302. The van der Waals surface area contributed by atoms with Gasteiger partial charge in [0.05, 0.1) is 22.7 Å². The molecule has 8 heteroatoms. The molecule has 5 aromatic rings. The number of ether oxygens (including phenoxy) is 1. The molecule has 0 amide bonds. The molecule has 2 aromatic heterocycles.